The first kappa shape index (κ1) is 34.0. The van der Waals surface area contributed by atoms with Crippen LogP contribution in [0.3, 0.4) is 0 Å². The zero-order chi connectivity index (χ0) is 29.8. The van der Waals surface area contributed by atoms with Crippen molar-refractivity contribution in [2.75, 3.05) is 20.3 Å². The van der Waals surface area contributed by atoms with Crippen LogP contribution in [0.25, 0.3) is 0 Å². The average molecular weight is 551 g/mol. The van der Waals surface area contributed by atoms with E-state index >= 15 is 0 Å². The molecular formula is C29H47FN4O5. The first-order valence-corrected chi connectivity index (χ1v) is 13.4. The Morgan fingerprint density at radius 1 is 1.28 bits per heavy atom. The van der Waals surface area contributed by atoms with Gasteiger partial charge in [0.1, 0.15) is 17.3 Å². The van der Waals surface area contributed by atoms with Gasteiger partial charge in [-0.2, -0.15) is 0 Å². The SMILES string of the molecule is C/C=C(\O)C(=O)N1CC(CC)CCC(C)(N(C)C(=O)OC(C)(C)C)CCC1=N.OCNCc1ccc(F)cc1. The molecule has 2 unspecified atom stereocenters. The van der Waals surface area contributed by atoms with Crippen molar-refractivity contribution in [2.45, 2.75) is 91.3 Å². The fourth-order valence-electron chi connectivity index (χ4n) is 4.11. The van der Waals surface area contributed by atoms with Gasteiger partial charge in [0.2, 0.25) is 0 Å². The first-order valence-electron chi connectivity index (χ1n) is 13.4. The summed E-state index contributed by atoms with van der Waals surface area (Å²) < 4.78 is 17.9. The topological polar surface area (TPSA) is 126 Å². The van der Waals surface area contributed by atoms with E-state index in [0.717, 1.165) is 24.8 Å². The number of aliphatic hydroxyl groups is 2. The van der Waals surface area contributed by atoms with Crippen molar-refractivity contribution in [3.63, 3.8) is 0 Å². The van der Waals surface area contributed by atoms with Gasteiger partial charge in [-0.3, -0.25) is 20.4 Å². The highest BCUT2D eigenvalue weighted by molar-refractivity contribution is 6.03. The Balaban J connectivity index is 0.000000573. The second-order valence-corrected chi connectivity index (χ2v) is 11.1. The molecule has 2 rings (SSSR count). The van der Waals surface area contributed by atoms with Crippen molar-refractivity contribution in [1.82, 2.24) is 15.1 Å². The summed E-state index contributed by atoms with van der Waals surface area (Å²) in [6.07, 6.45) is 4.26. The van der Waals surface area contributed by atoms with Gasteiger partial charge in [0.15, 0.2) is 5.76 Å². The van der Waals surface area contributed by atoms with Crippen LogP contribution in [-0.2, 0) is 16.1 Å². The Hall–Kier alpha value is -2.98. The van der Waals surface area contributed by atoms with Crippen molar-refractivity contribution in [2.24, 2.45) is 5.92 Å². The van der Waals surface area contributed by atoms with Gasteiger partial charge in [-0.05, 0) is 83.6 Å². The molecule has 0 spiro atoms. The molecule has 1 heterocycles. The molecule has 0 radical (unpaired) electrons. The molecule has 1 aromatic carbocycles. The van der Waals surface area contributed by atoms with Crippen LogP contribution in [0.1, 0.15) is 79.2 Å². The average Bonchev–Trinajstić information content (AvgIpc) is 2.95. The van der Waals surface area contributed by atoms with Gasteiger partial charge in [0.05, 0.1) is 6.73 Å². The minimum atomic E-state index is -0.577. The molecule has 2 atom stereocenters. The maximum Gasteiger partial charge on any atom is 0.410 e. The molecule has 0 bridgehead atoms. The van der Waals surface area contributed by atoms with Crippen LogP contribution in [0, 0.1) is 17.1 Å². The third kappa shape index (κ3) is 11.3. The molecule has 1 aromatic rings. The number of rotatable bonds is 6. The lowest BCUT2D eigenvalue weighted by atomic mass is 9.85. The zero-order valence-corrected chi connectivity index (χ0v) is 24.5. The van der Waals surface area contributed by atoms with Crippen molar-refractivity contribution in [3.05, 3.63) is 47.5 Å². The number of amides is 2. The molecule has 1 aliphatic rings. The van der Waals surface area contributed by atoms with Crippen molar-refractivity contribution in [1.29, 1.82) is 5.41 Å². The summed E-state index contributed by atoms with van der Waals surface area (Å²) in [7, 11) is 1.74. The number of nitrogens with zero attached hydrogens (tertiary/aromatic N) is 2. The molecule has 4 N–H and O–H groups in total. The van der Waals surface area contributed by atoms with E-state index in [4.69, 9.17) is 15.3 Å². The van der Waals surface area contributed by atoms with Crippen LogP contribution in [0.15, 0.2) is 36.1 Å². The molecule has 1 aliphatic heterocycles. The monoisotopic (exact) mass is 550 g/mol. The van der Waals surface area contributed by atoms with E-state index in [-0.39, 0.29) is 36.2 Å². The maximum atomic E-state index is 12.6. The number of nitrogens with one attached hydrogen (secondary N) is 2. The Kier molecular flexibility index (Phi) is 13.6. The molecule has 1 saturated heterocycles. The number of allylic oxidation sites excluding steroid dienone is 1. The molecule has 0 saturated carbocycles. The number of hydrogen-bond acceptors (Lipinski definition) is 7. The number of aliphatic hydroxyl groups excluding tert-OH is 2. The number of carbonyl (C=O) groups is 2. The van der Waals surface area contributed by atoms with Crippen LogP contribution in [0.2, 0.25) is 0 Å². The largest absolute Gasteiger partial charge is 0.503 e. The van der Waals surface area contributed by atoms with Gasteiger partial charge < -0.3 is 19.8 Å². The predicted molar refractivity (Wildman–Crippen MR) is 151 cm³/mol. The Labute approximate surface area is 232 Å². The number of amidine groups is 1. The highest BCUT2D eigenvalue weighted by atomic mass is 19.1. The summed E-state index contributed by atoms with van der Waals surface area (Å²) in [5, 5.41) is 29.4. The molecule has 2 amide bonds. The van der Waals surface area contributed by atoms with E-state index in [1.165, 1.54) is 23.1 Å². The van der Waals surface area contributed by atoms with Crippen LogP contribution < -0.4 is 5.32 Å². The van der Waals surface area contributed by atoms with Gasteiger partial charge in [0.25, 0.3) is 5.91 Å². The van der Waals surface area contributed by atoms with Gasteiger partial charge in [-0.1, -0.05) is 25.5 Å². The molecule has 9 nitrogen and oxygen atoms in total. The summed E-state index contributed by atoms with van der Waals surface area (Å²) in [6.45, 7) is 12.1. The normalized spacial score (nSPS) is 20.6. The lowest BCUT2D eigenvalue weighted by Crippen LogP contribution is -2.49. The molecular weight excluding hydrogens is 503 g/mol. The number of ether oxygens (including phenoxy) is 1. The maximum absolute atomic E-state index is 12.6. The Morgan fingerprint density at radius 2 is 1.90 bits per heavy atom. The minimum Gasteiger partial charge on any atom is -0.503 e. The molecule has 220 valence electrons. The third-order valence-corrected chi connectivity index (χ3v) is 6.90. The van der Waals surface area contributed by atoms with Crippen LogP contribution in [0.4, 0.5) is 9.18 Å². The first-order chi connectivity index (χ1) is 18.2. The summed E-state index contributed by atoms with van der Waals surface area (Å²) in [5.74, 6) is -0.763. The van der Waals surface area contributed by atoms with E-state index in [2.05, 4.69) is 12.2 Å². The lowest BCUT2D eigenvalue weighted by molar-refractivity contribution is -0.126. The standard InChI is InChI=1S/C21H37N3O4.C8H10FNO/c1-8-15-10-12-21(6,23(7)19(27)28-20(3,4)5)13-11-17(22)24(14-15)18(26)16(25)9-2;9-8-3-1-7(2-4-8)5-10-6-11/h9,15,22,25H,8,10-14H2,1-7H3;1-4,10-11H,5-6H2/b16-9-,22-17?;. The van der Waals surface area contributed by atoms with Crippen molar-refractivity contribution in [3.8, 4) is 0 Å². The molecule has 39 heavy (non-hydrogen) atoms. The summed E-state index contributed by atoms with van der Waals surface area (Å²) in [6, 6.07) is 6.15. The number of benzene rings is 1. The molecule has 1 fully saturated rings. The summed E-state index contributed by atoms with van der Waals surface area (Å²) in [4.78, 5) is 28.2. The second-order valence-electron chi connectivity index (χ2n) is 11.1. The highest BCUT2D eigenvalue weighted by Crippen LogP contribution is 2.32. The summed E-state index contributed by atoms with van der Waals surface area (Å²) in [5.41, 5.74) is -0.101. The zero-order valence-electron chi connectivity index (χ0n) is 24.5. The minimum absolute atomic E-state index is 0.0582. The van der Waals surface area contributed by atoms with Gasteiger partial charge in [-0.25, -0.2) is 9.18 Å². The number of carbonyl (C=O) groups excluding carboxylic acids is 2. The van der Waals surface area contributed by atoms with Crippen LogP contribution >= 0.6 is 0 Å². The smallest absolute Gasteiger partial charge is 0.410 e. The number of hydrogen-bond donors (Lipinski definition) is 4. The Morgan fingerprint density at radius 3 is 2.41 bits per heavy atom. The quantitative estimate of drug-likeness (QED) is 0.215. The lowest BCUT2D eigenvalue weighted by Gasteiger charge is -2.40. The summed E-state index contributed by atoms with van der Waals surface area (Å²) >= 11 is 0. The van der Waals surface area contributed by atoms with E-state index < -0.39 is 17.0 Å². The van der Waals surface area contributed by atoms with Crippen LogP contribution in [0.5, 0.6) is 0 Å². The highest BCUT2D eigenvalue weighted by Gasteiger charge is 2.38. The fourth-order valence-corrected chi connectivity index (χ4v) is 4.11. The Bertz CT molecular complexity index is 977. The van der Waals surface area contributed by atoms with Gasteiger partial charge in [0, 0.05) is 32.1 Å². The van der Waals surface area contributed by atoms with Crippen molar-refractivity contribution < 1.29 is 28.9 Å². The molecule has 10 heteroatoms. The third-order valence-electron chi connectivity index (χ3n) is 6.90. The van der Waals surface area contributed by atoms with E-state index in [1.807, 2.05) is 27.7 Å². The van der Waals surface area contributed by atoms with E-state index in [9.17, 15) is 19.1 Å². The van der Waals surface area contributed by atoms with Gasteiger partial charge >= 0.3 is 6.09 Å². The van der Waals surface area contributed by atoms with E-state index in [1.54, 1.807) is 31.0 Å². The predicted octanol–water partition coefficient (Wildman–Crippen LogP) is 5.34. The van der Waals surface area contributed by atoms with Crippen molar-refractivity contribution >= 4 is 17.8 Å². The van der Waals surface area contributed by atoms with Crippen LogP contribution in [-0.4, -0.2) is 69.3 Å². The van der Waals surface area contributed by atoms with Gasteiger partial charge in [-0.15, -0.1) is 0 Å². The second kappa shape index (κ2) is 15.6. The van der Waals surface area contributed by atoms with E-state index in [0.29, 0.717) is 25.9 Å². The fraction of sp³-hybridized carbons (Fsp3) is 0.621. The molecule has 0 aromatic heterocycles. The number of halogens is 1. The molecule has 0 aliphatic carbocycles.